The highest BCUT2D eigenvalue weighted by molar-refractivity contribution is 5.93. The van der Waals surface area contributed by atoms with Crippen LogP contribution < -0.4 is 0 Å². The Bertz CT molecular complexity index is 494. The number of aliphatic carboxylic acids is 1. The summed E-state index contributed by atoms with van der Waals surface area (Å²) >= 11 is 0. The highest BCUT2D eigenvalue weighted by Crippen LogP contribution is 2.23. The van der Waals surface area contributed by atoms with Gasteiger partial charge in [0, 0.05) is 25.7 Å². The van der Waals surface area contributed by atoms with Crippen LogP contribution in [0.5, 0.6) is 0 Å². The van der Waals surface area contributed by atoms with Gasteiger partial charge in [0.15, 0.2) is 0 Å². The fourth-order valence-corrected chi connectivity index (χ4v) is 2.61. The molecule has 5 heteroatoms. The summed E-state index contributed by atoms with van der Waals surface area (Å²) in [7, 11) is 0. The summed E-state index contributed by atoms with van der Waals surface area (Å²) in [5.74, 6) is -0.340. The number of piperidine rings is 1. The lowest BCUT2D eigenvalue weighted by molar-refractivity contribution is -0.137. The standard InChI is InChI=1S/C15H20N2O3/c1-11-3-2-8-16-14(11)15(20)17-9-6-12(7-10-17)4-5-13(18)19/h2-3,8,12H,4-7,9-10H2,1H3,(H,18,19). The van der Waals surface area contributed by atoms with E-state index in [-0.39, 0.29) is 12.3 Å². The molecule has 1 N–H and O–H groups in total. The third-order valence-corrected chi connectivity index (χ3v) is 3.88. The number of carbonyl (C=O) groups is 2. The molecule has 0 bridgehead atoms. The number of amides is 1. The summed E-state index contributed by atoms with van der Waals surface area (Å²) in [6, 6.07) is 3.71. The molecule has 0 saturated carbocycles. The van der Waals surface area contributed by atoms with Gasteiger partial charge in [-0.1, -0.05) is 6.07 Å². The van der Waals surface area contributed by atoms with Crippen LogP contribution in [-0.4, -0.2) is 40.0 Å². The molecule has 0 atom stereocenters. The van der Waals surface area contributed by atoms with E-state index in [1.54, 1.807) is 6.20 Å². The number of aromatic nitrogens is 1. The Morgan fingerprint density at radius 1 is 1.40 bits per heavy atom. The summed E-state index contributed by atoms with van der Waals surface area (Å²) < 4.78 is 0. The maximum Gasteiger partial charge on any atom is 0.303 e. The van der Waals surface area contributed by atoms with Gasteiger partial charge in [0.1, 0.15) is 5.69 Å². The molecule has 0 radical (unpaired) electrons. The first kappa shape index (κ1) is 14.5. The summed E-state index contributed by atoms with van der Waals surface area (Å²) in [6.45, 7) is 3.28. The SMILES string of the molecule is Cc1cccnc1C(=O)N1CCC(CCC(=O)O)CC1. The molecule has 0 unspecified atom stereocenters. The molecular weight excluding hydrogens is 256 g/mol. The highest BCUT2D eigenvalue weighted by Gasteiger charge is 2.25. The van der Waals surface area contributed by atoms with Crippen LogP contribution in [0.1, 0.15) is 41.7 Å². The molecule has 0 aromatic carbocycles. The number of hydrogen-bond donors (Lipinski definition) is 1. The Morgan fingerprint density at radius 3 is 2.70 bits per heavy atom. The van der Waals surface area contributed by atoms with Crippen molar-refractivity contribution in [3.63, 3.8) is 0 Å². The van der Waals surface area contributed by atoms with E-state index in [1.807, 2.05) is 24.0 Å². The average molecular weight is 276 g/mol. The number of aryl methyl sites for hydroxylation is 1. The molecule has 1 amide bonds. The van der Waals surface area contributed by atoms with Crippen molar-refractivity contribution in [1.29, 1.82) is 0 Å². The topological polar surface area (TPSA) is 70.5 Å². The molecule has 0 aliphatic carbocycles. The summed E-state index contributed by atoms with van der Waals surface area (Å²) in [6.07, 6.45) is 4.33. The van der Waals surface area contributed by atoms with Gasteiger partial charge in [0.2, 0.25) is 0 Å². The second kappa shape index (κ2) is 6.50. The van der Waals surface area contributed by atoms with E-state index >= 15 is 0 Å². The lowest BCUT2D eigenvalue weighted by Crippen LogP contribution is -2.39. The largest absolute Gasteiger partial charge is 0.481 e. The molecule has 2 rings (SSSR count). The monoisotopic (exact) mass is 276 g/mol. The van der Waals surface area contributed by atoms with Crippen LogP contribution in [0.15, 0.2) is 18.3 Å². The van der Waals surface area contributed by atoms with Gasteiger partial charge in [0.25, 0.3) is 5.91 Å². The normalized spacial score (nSPS) is 16.1. The zero-order valence-electron chi connectivity index (χ0n) is 11.7. The lowest BCUT2D eigenvalue weighted by atomic mass is 9.92. The number of hydrogen-bond acceptors (Lipinski definition) is 3. The number of carbonyl (C=O) groups excluding carboxylic acids is 1. The van der Waals surface area contributed by atoms with Crippen molar-refractivity contribution in [3.8, 4) is 0 Å². The van der Waals surface area contributed by atoms with Crippen LogP contribution in [0.4, 0.5) is 0 Å². The van der Waals surface area contributed by atoms with E-state index < -0.39 is 5.97 Å². The van der Waals surface area contributed by atoms with Gasteiger partial charge in [-0.15, -0.1) is 0 Å². The van der Waals surface area contributed by atoms with Crippen molar-refractivity contribution >= 4 is 11.9 Å². The molecule has 1 aromatic heterocycles. The minimum atomic E-state index is -0.743. The number of likely N-dealkylation sites (tertiary alicyclic amines) is 1. The smallest absolute Gasteiger partial charge is 0.303 e. The van der Waals surface area contributed by atoms with Gasteiger partial charge in [-0.3, -0.25) is 14.6 Å². The molecule has 1 aliphatic heterocycles. The van der Waals surface area contributed by atoms with Crippen LogP contribution in [0.2, 0.25) is 0 Å². The zero-order valence-corrected chi connectivity index (χ0v) is 11.7. The van der Waals surface area contributed by atoms with Gasteiger partial charge in [-0.2, -0.15) is 0 Å². The van der Waals surface area contributed by atoms with Crippen molar-refractivity contribution in [2.24, 2.45) is 5.92 Å². The van der Waals surface area contributed by atoms with Crippen LogP contribution >= 0.6 is 0 Å². The average Bonchev–Trinajstić information content (AvgIpc) is 2.45. The molecule has 1 fully saturated rings. The second-order valence-corrected chi connectivity index (χ2v) is 5.34. The summed E-state index contributed by atoms with van der Waals surface area (Å²) in [5.41, 5.74) is 1.42. The Kier molecular flexibility index (Phi) is 4.71. The number of carboxylic acid groups (broad SMARTS) is 1. The van der Waals surface area contributed by atoms with Gasteiger partial charge in [-0.25, -0.2) is 0 Å². The van der Waals surface area contributed by atoms with E-state index in [0.717, 1.165) is 18.4 Å². The fraction of sp³-hybridized carbons (Fsp3) is 0.533. The molecule has 0 spiro atoms. The molecule has 108 valence electrons. The Morgan fingerprint density at radius 2 is 2.10 bits per heavy atom. The minimum Gasteiger partial charge on any atom is -0.481 e. The molecule has 1 aliphatic rings. The molecular formula is C15H20N2O3. The van der Waals surface area contributed by atoms with Crippen molar-refractivity contribution in [1.82, 2.24) is 9.88 Å². The first-order valence-electron chi connectivity index (χ1n) is 7.00. The van der Waals surface area contributed by atoms with Gasteiger partial charge in [-0.05, 0) is 43.7 Å². The van der Waals surface area contributed by atoms with E-state index in [9.17, 15) is 9.59 Å². The third-order valence-electron chi connectivity index (χ3n) is 3.88. The predicted octanol–water partition coefficient (Wildman–Crippen LogP) is 2.11. The van der Waals surface area contributed by atoms with Gasteiger partial charge < -0.3 is 10.0 Å². The highest BCUT2D eigenvalue weighted by atomic mass is 16.4. The van der Waals surface area contributed by atoms with Crippen LogP contribution in [0, 0.1) is 12.8 Å². The quantitative estimate of drug-likeness (QED) is 0.914. The van der Waals surface area contributed by atoms with Gasteiger partial charge >= 0.3 is 5.97 Å². The zero-order chi connectivity index (χ0) is 14.5. The minimum absolute atomic E-state index is 0.0141. The fourth-order valence-electron chi connectivity index (χ4n) is 2.61. The predicted molar refractivity (Wildman–Crippen MR) is 74.5 cm³/mol. The molecule has 20 heavy (non-hydrogen) atoms. The van der Waals surface area contributed by atoms with Crippen LogP contribution in [0.25, 0.3) is 0 Å². The van der Waals surface area contributed by atoms with E-state index in [2.05, 4.69) is 4.98 Å². The van der Waals surface area contributed by atoms with Crippen LogP contribution in [-0.2, 0) is 4.79 Å². The maximum atomic E-state index is 12.4. The second-order valence-electron chi connectivity index (χ2n) is 5.34. The Labute approximate surface area is 118 Å². The van der Waals surface area contributed by atoms with E-state index in [0.29, 0.717) is 31.1 Å². The molecule has 2 heterocycles. The lowest BCUT2D eigenvalue weighted by Gasteiger charge is -2.31. The van der Waals surface area contributed by atoms with Crippen molar-refractivity contribution < 1.29 is 14.7 Å². The van der Waals surface area contributed by atoms with E-state index in [4.69, 9.17) is 5.11 Å². The first-order chi connectivity index (χ1) is 9.58. The Hall–Kier alpha value is -1.91. The van der Waals surface area contributed by atoms with Gasteiger partial charge in [0.05, 0.1) is 0 Å². The van der Waals surface area contributed by atoms with Crippen LogP contribution in [0.3, 0.4) is 0 Å². The van der Waals surface area contributed by atoms with Crippen molar-refractivity contribution in [2.45, 2.75) is 32.6 Å². The maximum absolute atomic E-state index is 12.4. The Balaban J connectivity index is 1.89. The van der Waals surface area contributed by atoms with E-state index in [1.165, 1.54) is 0 Å². The number of rotatable bonds is 4. The summed E-state index contributed by atoms with van der Waals surface area (Å²) in [5, 5.41) is 8.69. The summed E-state index contributed by atoms with van der Waals surface area (Å²) in [4.78, 5) is 28.9. The first-order valence-corrected chi connectivity index (χ1v) is 7.00. The number of pyridine rings is 1. The van der Waals surface area contributed by atoms with Crippen molar-refractivity contribution in [2.75, 3.05) is 13.1 Å². The molecule has 1 aromatic rings. The molecule has 1 saturated heterocycles. The number of nitrogens with zero attached hydrogens (tertiary/aromatic N) is 2. The number of carboxylic acids is 1. The third kappa shape index (κ3) is 3.56. The van der Waals surface area contributed by atoms with Crippen molar-refractivity contribution in [3.05, 3.63) is 29.6 Å². The molecule has 5 nitrogen and oxygen atoms in total.